The summed E-state index contributed by atoms with van der Waals surface area (Å²) in [6.07, 6.45) is 8.31. The minimum Gasteiger partial charge on any atom is -0.477 e. The van der Waals surface area contributed by atoms with Crippen molar-refractivity contribution in [2.24, 2.45) is 0 Å². The molecule has 0 amide bonds. The van der Waals surface area contributed by atoms with Crippen LogP contribution in [0.25, 0.3) is 16.5 Å². The Morgan fingerprint density at radius 2 is 1.47 bits per heavy atom. The van der Waals surface area contributed by atoms with Gasteiger partial charge in [-0.05, 0) is 96.7 Å². The highest BCUT2D eigenvalue weighted by Gasteiger charge is 2.13. The van der Waals surface area contributed by atoms with Gasteiger partial charge in [0.25, 0.3) is 0 Å². The molecule has 0 spiro atoms. The molecular weight excluding hydrogens is 488 g/mol. The smallest absolute Gasteiger partial charge is 0.346 e. The molecule has 0 aliphatic heterocycles. The molecule has 0 bridgehead atoms. The second-order valence-corrected chi connectivity index (χ2v) is 10.1. The van der Waals surface area contributed by atoms with E-state index in [1.165, 1.54) is 11.0 Å². The summed E-state index contributed by atoms with van der Waals surface area (Å²) in [6.45, 7) is 0. The number of carboxylic acids is 1. The number of benzene rings is 3. The first-order valence-corrected chi connectivity index (χ1v) is 13.3. The molecule has 4 aromatic rings. The summed E-state index contributed by atoms with van der Waals surface area (Å²) < 4.78 is 0. The summed E-state index contributed by atoms with van der Waals surface area (Å²) in [5, 5.41) is 18.2. The molecule has 1 aliphatic rings. The third kappa shape index (κ3) is 5.83. The van der Waals surface area contributed by atoms with E-state index in [0.29, 0.717) is 0 Å². The van der Waals surface area contributed by atoms with Gasteiger partial charge in [0.15, 0.2) is 0 Å². The molecule has 1 N–H and O–H groups in total. The van der Waals surface area contributed by atoms with Crippen molar-refractivity contribution in [3.8, 4) is 16.5 Å². The van der Waals surface area contributed by atoms with E-state index in [9.17, 15) is 4.79 Å². The van der Waals surface area contributed by atoms with Crippen LogP contribution in [0.5, 0.6) is 0 Å². The van der Waals surface area contributed by atoms with Gasteiger partial charge in [0.05, 0.1) is 0 Å². The highest BCUT2D eigenvalue weighted by molar-refractivity contribution is 7.16. The molecule has 0 unspecified atom stereocenters. The number of hydrogen-bond acceptors (Lipinski definition) is 4. The second kappa shape index (κ2) is 11.6. The van der Waals surface area contributed by atoms with Crippen LogP contribution in [0, 0.1) is 11.3 Å². The number of allylic oxidation sites excluding steroid dienone is 4. The van der Waals surface area contributed by atoms with Gasteiger partial charge >= 0.3 is 5.97 Å². The van der Waals surface area contributed by atoms with Crippen molar-refractivity contribution in [1.29, 1.82) is 5.26 Å². The number of para-hydroxylation sites is 2. The molecule has 4 nitrogen and oxygen atoms in total. The molecule has 186 valence electrons. The van der Waals surface area contributed by atoms with E-state index >= 15 is 0 Å². The zero-order valence-electron chi connectivity index (χ0n) is 20.7. The zero-order valence-corrected chi connectivity index (χ0v) is 21.6. The Morgan fingerprint density at radius 1 is 0.842 bits per heavy atom. The lowest BCUT2D eigenvalue weighted by molar-refractivity contribution is -0.132. The van der Waals surface area contributed by atoms with E-state index in [1.54, 1.807) is 17.4 Å². The van der Waals surface area contributed by atoms with E-state index in [0.717, 1.165) is 57.9 Å². The fourth-order valence-electron chi connectivity index (χ4n) is 4.58. The van der Waals surface area contributed by atoms with E-state index in [-0.39, 0.29) is 5.57 Å². The Hall–Kier alpha value is -4.66. The number of nitriles is 1. The minimum absolute atomic E-state index is 0.225. The third-order valence-corrected chi connectivity index (χ3v) is 7.46. The fourth-order valence-corrected chi connectivity index (χ4v) is 5.57. The number of carboxylic acid groups (broad SMARTS) is 1. The summed E-state index contributed by atoms with van der Waals surface area (Å²) in [7, 11) is 0. The van der Waals surface area contributed by atoms with Gasteiger partial charge in [0.2, 0.25) is 0 Å². The third-order valence-electron chi connectivity index (χ3n) is 6.38. The highest BCUT2D eigenvalue weighted by atomic mass is 32.1. The van der Waals surface area contributed by atoms with E-state index in [1.807, 2.05) is 18.2 Å². The Morgan fingerprint density at radius 3 is 2.08 bits per heavy atom. The van der Waals surface area contributed by atoms with Crippen molar-refractivity contribution in [2.45, 2.75) is 19.3 Å². The Bertz CT molecular complexity index is 1520. The molecule has 5 rings (SSSR count). The molecular formula is C33H26N2O2S. The van der Waals surface area contributed by atoms with Crippen molar-refractivity contribution in [1.82, 2.24) is 0 Å². The lowest BCUT2D eigenvalue weighted by Crippen LogP contribution is -2.09. The van der Waals surface area contributed by atoms with Crippen LogP contribution >= 0.6 is 11.3 Å². The standard InChI is InChI=1S/C33H26N2O2S/c34-23-27(33(36)37)21-24-8-7-9-25(20-24)22-31-18-19-32(38-31)26-14-16-30(17-15-26)35(28-10-3-1-4-11-28)29-12-5-2-6-13-29/h1-6,10-22H,7-9H2,(H,36,37). The average molecular weight is 515 g/mol. The molecule has 0 saturated carbocycles. The molecule has 1 aliphatic carbocycles. The summed E-state index contributed by atoms with van der Waals surface area (Å²) >= 11 is 1.73. The highest BCUT2D eigenvalue weighted by Crippen LogP contribution is 2.37. The van der Waals surface area contributed by atoms with E-state index < -0.39 is 5.97 Å². The largest absolute Gasteiger partial charge is 0.477 e. The lowest BCUT2D eigenvalue weighted by atomic mass is 9.93. The molecule has 0 atom stereocenters. The van der Waals surface area contributed by atoms with Gasteiger partial charge in [0, 0.05) is 26.8 Å². The number of carbonyl (C=O) groups is 1. The van der Waals surface area contributed by atoms with Crippen molar-refractivity contribution in [3.63, 3.8) is 0 Å². The van der Waals surface area contributed by atoms with E-state index in [2.05, 4.69) is 95.9 Å². The number of nitrogens with zero attached hydrogens (tertiary/aromatic N) is 2. The molecule has 0 fully saturated rings. The average Bonchev–Trinajstić information content (AvgIpc) is 3.42. The van der Waals surface area contributed by atoms with Crippen molar-refractivity contribution in [2.75, 3.05) is 4.90 Å². The fraction of sp³-hybridized carbons (Fsp3) is 0.0909. The SMILES string of the molecule is N#CC(=CC1=CC(=Cc2ccc(-c3ccc(N(c4ccccc4)c4ccccc4)cc3)s2)CCC1)C(=O)O. The molecule has 1 aromatic heterocycles. The summed E-state index contributed by atoms with van der Waals surface area (Å²) in [4.78, 5) is 15.8. The topological polar surface area (TPSA) is 64.3 Å². The van der Waals surface area contributed by atoms with Crippen LogP contribution in [-0.4, -0.2) is 11.1 Å². The van der Waals surface area contributed by atoms with Gasteiger partial charge in [0.1, 0.15) is 11.6 Å². The summed E-state index contributed by atoms with van der Waals surface area (Å²) in [5.41, 5.74) is 6.28. The maximum Gasteiger partial charge on any atom is 0.346 e. The number of thiophene rings is 1. The molecule has 38 heavy (non-hydrogen) atoms. The molecule has 0 saturated heterocycles. The Balaban J connectivity index is 1.38. The zero-order chi connectivity index (χ0) is 26.3. The Kier molecular flexibility index (Phi) is 7.63. The van der Waals surface area contributed by atoms with Crippen LogP contribution in [0.15, 0.2) is 126 Å². The predicted octanol–water partition coefficient (Wildman–Crippen LogP) is 8.91. The molecule has 0 radical (unpaired) electrons. The normalized spacial score (nSPS) is 14.6. The van der Waals surface area contributed by atoms with Crippen LogP contribution in [0.2, 0.25) is 0 Å². The van der Waals surface area contributed by atoms with Gasteiger partial charge in [-0.1, -0.05) is 54.6 Å². The number of aliphatic carboxylic acids is 1. The number of anilines is 3. The molecule has 1 heterocycles. The first-order valence-electron chi connectivity index (χ1n) is 12.5. The number of rotatable bonds is 7. The molecule has 3 aromatic carbocycles. The maximum atomic E-state index is 11.2. The predicted molar refractivity (Wildman–Crippen MR) is 156 cm³/mol. The van der Waals surface area contributed by atoms with Crippen molar-refractivity contribution in [3.05, 3.63) is 131 Å². The second-order valence-electron chi connectivity index (χ2n) is 9.02. The van der Waals surface area contributed by atoms with Crippen molar-refractivity contribution < 1.29 is 9.90 Å². The lowest BCUT2D eigenvalue weighted by Gasteiger charge is -2.25. The van der Waals surface area contributed by atoms with Gasteiger partial charge in [-0.25, -0.2) is 4.79 Å². The monoisotopic (exact) mass is 514 g/mol. The van der Waals surface area contributed by atoms with Gasteiger partial charge in [-0.2, -0.15) is 5.26 Å². The van der Waals surface area contributed by atoms with E-state index in [4.69, 9.17) is 10.4 Å². The van der Waals surface area contributed by atoms with Crippen molar-refractivity contribution >= 4 is 40.4 Å². The van der Waals surface area contributed by atoms with Crippen LogP contribution in [-0.2, 0) is 4.79 Å². The Labute approximate surface area is 226 Å². The first-order chi connectivity index (χ1) is 18.6. The summed E-state index contributed by atoms with van der Waals surface area (Å²) in [6, 6.07) is 35.4. The minimum atomic E-state index is -1.19. The van der Waals surface area contributed by atoms with Crippen LogP contribution in [0.3, 0.4) is 0 Å². The maximum absolute atomic E-state index is 11.2. The number of hydrogen-bond donors (Lipinski definition) is 1. The van der Waals surface area contributed by atoms with Gasteiger partial charge in [-0.15, -0.1) is 11.3 Å². The summed E-state index contributed by atoms with van der Waals surface area (Å²) in [5.74, 6) is -1.19. The molecule has 5 heteroatoms. The van der Waals surface area contributed by atoms with Crippen LogP contribution in [0.1, 0.15) is 24.1 Å². The van der Waals surface area contributed by atoms with Gasteiger partial charge < -0.3 is 10.0 Å². The van der Waals surface area contributed by atoms with Gasteiger partial charge in [-0.3, -0.25) is 0 Å². The first kappa shape index (κ1) is 25.0. The quantitative estimate of drug-likeness (QED) is 0.197. The van der Waals surface area contributed by atoms with Crippen LogP contribution in [0.4, 0.5) is 17.1 Å². The van der Waals surface area contributed by atoms with Crippen LogP contribution < -0.4 is 4.90 Å².